The van der Waals surface area contributed by atoms with Crippen molar-refractivity contribution < 1.29 is 4.74 Å². The van der Waals surface area contributed by atoms with Crippen LogP contribution in [-0.4, -0.2) is 0 Å². The van der Waals surface area contributed by atoms with Gasteiger partial charge in [-0.25, -0.2) is 0 Å². The van der Waals surface area contributed by atoms with Gasteiger partial charge in [0.2, 0.25) is 0 Å². The number of nitrogens with zero attached hydrogens (tertiary/aromatic N) is 1. The second-order valence-electron chi connectivity index (χ2n) is 5.09. The molecule has 1 heterocycles. The minimum absolute atomic E-state index is 0.332. The van der Waals surface area contributed by atoms with Gasteiger partial charge in [0.05, 0.1) is 11.1 Å². The molecule has 2 aromatic rings. The Hall–Kier alpha value is -1.98. The quantitative estimate of drug-likeness (QED) is 0.713. The summed E-state index contributed by atoms with van der Waals surface area (Å²) in [5.41, 5.74) is 5.12. The molecule has 1 atom stereocenters. The van der Waals surface area contributed by atoms with Crippen molar-refractivity contribution >= 4 is 11.6 Å². The van der Waals surface area contributed by atoms with Crippen molar-refractivity contribution in [1.82, 2.24) is 0 Å². The van der Waals surface area contributed by atoms with E-state index in [1.165, 1.54) is 0 Å². The molecule has 1 unspecified atom stereocenters. The van der Waals surface area contributed by atoms with Crippen molar-refractivity contribution in [3.63, 3.8) is 0 Å². The first-order valence-corrected chi connectivity index (χ1v) is 6.91. The average molecular weight is 284 g/mol. The van der Waals surface area contributed by atoms with Crippen molar-refractivity contribution in [2.75, 3.05) is 0 Å². The Labute approximate surface area is 123 Å². The van der Waals surface area contributed by atoms with Gasteiger partial charge in [-0.1, -0.05) is 35.9 Å². The summed E-state index contributed by atoms with van der Waals surface area (Å²) in [5, 5.41) is 10.2. The zero-order chi connectivity index (χ0) is 14.3. The maximum atomic E-state index is 9.67. The minimum atomic E-state index is -0.332. The fourth-order valence-electron chi connectivity index (χ4n) is 2.76. The van der Waals surface area contributed by atoms with E-state index in [9.17, 15) is 5.26 Å². The molecular weight excluding hydrogens is 270 g/mol. The molecule has 0 spiro atoms. The molecule has 2 aromatic carbocycles. The summed E-state index contributed by atoms with van der Waals surface area (Å²) in [5.74, 6) is 0.318. The first-order valence-electron chi connectivity index (χ1n) is 6.53. The van der Waals surface area contributed by atoms with Gasteiger partial charge in [-0.3, -0.25) is 0 Å². The third kappa shape index (κ3) is 1.87. The van der Waals surface area contributed by atoms with E-state index in [0.29, 0.717) is 17.4 Å². The number of halogens is 1. The number of benzene rings is 2. The van der Waals surface area contributed by atoms with Crippen LogP contribution in [0.4, 0.5) is 0 Å². The minimum Gasteiger partial charge on any atom is -0.487 e. The molecule has 0 aliphatic carbocycles. The molecule has 20 heavy (non-hydrogen) atoms. The van der Waals surface area contributed by atoms with Gasteiger partial charge in [0.15, 0.2) is 0 Å². The lowest BCUT2D eigenvalue weighted by Gasteiger charge is -2.17. The Morgan fingerprint density at radius 3 is 2.80 bits per heavy atom. The first kappa shape index (κ1) is 13.0. The van der Waals surface area contributed by atoms with Crippen molar-refractivity contribution in [1.29, 1.82) is 5.26 Å². The highest BCUT2D eigenvalue weighted by atomic mass is 35.5. The summed E-state index contributed by atoms with van der Waals surface area (Å²) in [4.78, 5) is 0. The van der Waals surface area contributed by atoms with Gasteiger partial charge >= 0.3 is 0 Å². The smallest absolute Gasteiger partial charge is 0.143 e. The summed E-state index contributed by atoms with van der Waals surface area (Å²) in [6.45, 7) is 4.47. The molecule has 1 aliphatic rings. The molecule has 100 valence electrons. The maximum absolute atomic E-state index is 9.67. The number of hydrogen-bond donors (Lipinski definition) is 0. The Bertz CT molecular complexity index is 731. The third-order valence-electron chi connectivity index (χ3n) is 3.96. The number of hydrogen-bond acceptors (Lipinski definition) is 2. The lowest BCUT2D eigenvalue weighted by Crippen LogP contribution is -2.03. The predicted molar refractivity (Wildman–Crippen MR) is 79.2 cm³/mol. The van der Waals surface area contributed by atoms with E-state index in [0.717, 1.165) is 27.8 Å². The van der Waals surface area contributed by atoms with Crippen molar-refractivity contribution in [2.24, 2.45) is 0 Å². The van der Waals surface area contributed by atoms with Gasteiger partial charge in [0, 0.05) is 5.56 Å². The van der Waals surface area contributed by atoms with Crippen molar-refractivity contribution in [3.8, 4) is 11.8 Å². The highest BCUT2D eigenvalue weighted by molar-refractivity contribution is 6.32. The Morgan fingerprint density at radius 1 is 1.30 bits per heavy atom. The first-order chi connectivity index (χ1) is 9.63. The van der Waals surface area contributed by atoms with Crippen LogP contribution in [0.3, 0.4) is 0 Å². The highest BCUT2D eigenvalue weighted by Gasteiger charge is 2.28. The summed E-state index contributed by atoms with van der Waals surface area (Å²) in [6.07, 6.45) is 0. The molecular formula is C17H14ClNO. The maximum Gasteiger partial charge on any atom is 0.143 e. The van der Waals surface area contributed by atoms with E-state index in [1.54, 1.807) is 0 Å². The topological polar surface area (TPSA) is 33.0 Å². The predicted octanol–water partition coefficient (Wildman–Crippen LogP) is 4.50. The second-order valence-corrected chi connectivity index (χ2v) is 5.50. The largest absolute Gasteiger partial charge is 0.487 e. The summed E-state index contributed by atoms with van der Waals surface area (Å²) in [7, 11) is 0. The zero-order valence-corrected chi connectivity index (χ0v) is 12.2. The van der Waals surface area contributed by atoms with Crippen molar-refractivity contribution in [2.45, 2.75) is 26.4 Å². The summed E-state index contributed by atoms with van der Waals surface area (Å²) >= 11 is 6.32. The molecule has 2 nitrogen and oxygen atoms in total. The van der Waals surface area contributed by atoms with E-state index >= 15 is 0 Å². The van der Waals surface area contributed by atoms with E-state index in [-0.39, 0.29) is 5.92 Å². The zero-order valence-electron chi connectivity index (χ0n) is 11.4. The van der Waals surface area contributed by atoms with Gasteiger partial charge in [-0.15, -0.1) is 0 Å². The Balaban J connectivity index is 2.34. The van der Waals surface area contributed by atoms with Crippen LogP contribution in [0.25, 0.3) is 0 Å². The molecule has 0 saturated carbocycles. The van der Waals surface area contributed by atoms with E-state index in [4.69, 9.17) is 16.3 Å². The third-order valence-corrected chi connectivity index (χ3v) is 4.24. The fraction of sp³-hybridized carbons (Fsp3) is 0.235. The van der Waals surface area contributed by atoms with Crippen LogP contribution in [0.1, 0.15) is 33.7 Å². The second kappa shape index (κ2) is 4.85. The molecule has 0 saturated heterocycles. The van der Waals surface area contributed by atoms with E-state index in [2.05, 4.69) is 6.07 Å². The number of fused-ring (bicyclic) bond motifs is 2. The van der Waals surface area contributed by atoms with Crippen LogP contribution in [0.5, 0.6) is 5.75 Å². The summed E-state index contributed by atoms with van der Waals surface area (Å²) < 4.78 is 5.89. The Morgan fingerprint density at radius 2 is 2.05 bits per heavy atom. The molecule has 3 heteroatoms. The molecule has 0 radical (unpaired) electrons. The molecule has 0 fully saturated rings. The molecule has 0 aromatic heterocycles. The normalized spacial score (nSPS) is 16.4. The van der Waals surface area contributed by atoms with Gasteiger partial charge in [-0.05, 0) is 42.2 Å². The molecule has 0 bridgehead atoms. The monoisotopic (exact) mass is 283 g/mol. The van der Waals surface area contributed by atoms with Crippen LogP contribution in [0.15, 0.2) is 30.3 Å². The SMILES string of the molecule is Cc1cc(Cl)c2c(c1C)C(C#N)c1ccccc1CO2. The molecule has 3 rings (SSSR count). The molecule has 0 N–H and O–H groups in total. The van der Waals surface area contributed by atoms with Crippen LogP contribution in [0.2, 0.25) is 5.02 Å². The van der Waals surface area contributed by atoms with Gasteiger partial charge in [-0.2, -0.15) is 5.26 Å². The Kier molecular flexibility index (Phi) is 3.16. The standard InChI is InChI=1S/C17H14ClNO/c1-10-7-15(18)17-16(11(10)2)14(8-19)13-6-4-3-5-12(13)9-20-17/h3-7,14H,9H2,1-2H3. The fourth-order valence-corrected chi connectivity index (χ4v) is 3.08. The van der Waals surface area contributed by atoms with Gasteiger partial charge in [0.1, 0.15) is 18.3 Å². The van der Waals surface area contributed by atoms with Crippen molar-refractivity contribution in [3.05, 3.63) is 63.2 Å². The summed E-state index contributed by atoms with van der Waals surface area (Å²) in [6, 6.07) is 12.2. The lowest BCUT2D eigenvalue weighted by atomic mass is 9.86. The van der Waals surface area contributed by atoms with E-state index < -0.39 is 0 Å². The lowest BCUT2D eigenvalue weighted by molar-refractivity contribution is 0.307. The highest BCUT2D eigenvalue weighted by Crippen LogP contribution is 2.43. The molecule has 1 aliphatic heterocycles. The van der Waals surface area contributed by atoms with Crippen LogP contribution >= 0.6 is 11.6 Å². The average Bonchev–Trinajstić information content (AvgIpc) is 2.61. The molecule has 0 amide bonds. The van der Waals surface area contributed by atoms with Crippen LogP contribution in [-0.2, 0) is 6.61 Å². The number of nitriles is 1. The number of rotatable bonds is 0. The van der Waals surface area contributed by atoms with Crippen LogP contribution < -0.4 is 4.74 Å². The van der Waals surface area contributed by atoms with Gasteiger partial charge in [0.25, 0.3) is 0 Å². The van der Waals surface area contributed by atoms with E-state index in [1.807, 2.05) is 44.2 Å². The van der Waals surface area contributed by atoms with Gasteiger partial charge < -0.3 is 4.74 Å². The number of aryl methyl sites for hydroxylation is 1. The van der Waals surface area contributed by atoms with Crippen LogP contribution in [0, 0.1) is 25.2 Å². The number of ether oxygens (including phenoxy) is 1.